The van der Waals surface area contributed by atoms with Crippen LogP contribution < -0.4 is 9.64 Å². The molecule has 2 atom stereocenters. The third-order valence-corrected chi connectivity index (χ3v) is 7.88. The molecule has 0 saturated carbocycles. The molecule has 0 spiro atoms. The number of aromatic nitrogens is 1. The van der Waals surface area contributed by atoms with Gasteiger partial charge < -0.3 is 9.47 Å². The number of halogens is 1. The van der Waals surface area contributed by atoms with Crippen molar-refractivity contribution in [3.05, 3.63) is 101 Å². The molecule has 0 N–H and O–H groups in total. The number of anilines is 1. The van der Waals surface area contributed by atoms with Crippen LogP contribution in [-0.2, 0) is 14.3 Å². The third-order valence-electron chi connectivity index (χ3n) is 7.65. The van der Waals surface area contributed by atoms with Crippen molar-refractivity contribution < 1.29 is 28.7 Å². The average molecular weight is 581 g/mol. The number of hydrogen-bond donors (Lipinski definition) is 0. The summed E-state index contributed by atoms with van der Waals surface area (Å²) >= 11 is 6.23. The molecule has 0 bridgehead atoms. The van der Waals surface area contributed by atoms with Gasteiger partial charge in [-0.05, 0) is 61.4 Å². The Morgan fingerprint density at radius 2 is 1.64 bits per heavy atom. The number of carbonyl (C=O) groups excluding carboxylic acids is 4. The van der Waals surface area contributed by atoms with E-state index in [9.17, 15) is 19.2 Å². The Morgan fingerprint density at radius 1 is 0.929 bits per heavy atom. The Morgan fingerprint density at radius 3 is 2.33 bits per heavy atom. The molecule has 1 aliphatic carbocycles. The number of pyridine rings is 1. The molecule has 6 rings (SSSR count). The van der Waals surface area contributed by atoms with Gasteiger partial charge in [0.15, 0.2) is 12.4 Å². The lowest BCUT2D eigenvalue weighted by molar-refractivity contribution is -0.122. The predicted octanol–water partition coefficient (Wildman–Crippen LogP) is 6.06. The average Bonchev–Trinajstić information content (AvgIpc) is 3.28. The molecule has 9 heteroatoms. The van der Waals surface area contributed by atoms with Crippen LogP contribution in [0, 0.1) is 11.8 Å². The van der Waals surface area contributed by atoms with Crippen LogP contribution in [0.15, 0.2) is 84.9 Å². The maximum Gasteiger partial charge on any atom is 0.339 e. The van der Waals surface area contributed by atoms with Gasteiger partial charge in [-0.3, -0.25) is 19.3 Å². The molecule has 2 amide bonds. The van der Waals surface area contributed by atoms with Crippen LogP contribution in [0.25, 0.3) is 22.2 Å². The highest BCUT2D eigenvalue weighted by Crippen LogP contribution is 2.38. The molecule has 2 heterocycles. The number of ketones is 1. The van der Waals surface area contributed by atoms with Crippen LogP contribution in [-0.4, -0.2) is 42.3 Å². The summed E-state index contributed by atoms with van der Waals surface area (Å²) < 4.78 is 10.6. The number of imide groups is 1. The molecule has 0 radical (unpaired) electrons. The largest absolute Gasteiger partial charge is 0.497 e. The number of allylic oxidation sites excluding steroid dienone is 2. The van der Waals surface area contributed by atoms with Gasteiger partial charge >= 0.3 is 5.97 Å². The summed E-state index contributed by atoms with van der Waals surface area (Å²) in [6.07, 6.45) is 5.04. The molecule has 1 saturated heterocycles. The number of benzene rings is 3. The number of carbonyl (C=O) groups is 4. The lowest BCUT2D eigenvalue weighted by Gasteiger charge is -2.15. The van der Waals surface area contributed by atoms with Gasteiger partial charge in [0.25, 0.3) is 0 Å². The molecule has 1 fully saturated rings. The van der Waals surface area contributed by atoms with E-state index in [1.165, 1.54) is 12.0 Å². The highest BCUT2D eigenvalue weighted by Gasteiger charge is 2.47. The van der Waals surface area contributed by atoms with E-state index in [2.05, 4.69) is 0 Å². The van der Waals surface area contributed by atoms with Crippen molar-refractivity contribution in [2.45, 2.75) is 12.8 Å². The van der Waals surface area contributed by atoms with Gasteiger partial charge in [0.1, 0.15) is 5.75 Å². The molecule has 2 aliphatic rings. The number of hydrogen-bond acceptors (Lipinski definition) is 7. The highest BCUT2D eigenvalue weighted by atomic mass is 35.5. The molecule has 1 aliphatic heterocycles. The van der Waals surface area contributed by atoms with E-state index in [4.69, 9.17) is 26.1 Å². The number of amides is 2. The molecule has 3 aromatic carbocycles. The first-order valence-corrected chi connectivity index (χ1v) is 13.8. The molecule has 8 nitrogen and oxygen atoms in total. The van der Waals surface area contributed by atoms with Crippen LogP contribution in [0.2, 0.25) is 5.02 Å². The fourth-order valence-corrected chi connectivity index (χ4v) is 5.61. The van der Waals surface area contributed by atoms with Crippen LogP contribution in [0.1, 0.15) is 33.6 Å². The standard InChI is InChI=1S/C33H25ClN2O6/c1-41-23-6-4-5-20(15-23)30(37)18-42-33(40)27-17-29(35-28-14-11-21(34)16-26(27)28)19-9-12-22(13-10-19)36-31(38)24-7-2-3-8-25(24)32(36)39/h2-6,9-17,24-25H,7-8,18H2,1H3. The molecule has 42 heavy (non-hydrogen) atoms. The fourth-order valence-electron chi connectivity index (χ4n) is 5.44. The number of esters is 1. The number of ether oxygens (including phenoxy) is 2. The van der Waals surface area contributed by atoms with Crippen molar-refractivity contribution in [3.63, 3.8) is 0 Å². The normalized spacial score (nSPS) is 17.8. The second-order valence-electron chi connectivity index (χ2n) is 10.2. The number of Topliss-reactive ketones (excluding diaryl/α,β-unsaturated/α-hetero) is 1. The quantitative estimate of drug-likeness (QED) is 0.113. The van der Waals surface area contributed by atoms with E-state index in [1.54, 1.807) is 72.8 Å². The summed E-state index contributed by atoms with van der Waals surface area (Å²) in [7, 11) is 1.50. The summed E-state index contributed by atoms with van der Waals surface area (Å²) in [6.45, 7) is -0.462. The third kappa shape index (κ3) is 5.05. The maximum absolute atomic E-state index is 13.3. The zero-order valence-corrected chi connectivity index (χ0v) is 23.3. The van der Waals surface area contributed by atoms with Crippen LogP contribution >= 0.6 is 11.6 Å². The van der Waals surface area contributed by atoms with Crippen molar-refractivity contribution in [1.82, 2.24) is 4.98 Å². The molecule has 1 aromatic heterocycles. The van der Waals surface area contributed by atoms with Gasteiger partial charge in [-0.15, -0.1) is 0 Å². The Balaban J connectivity index is 1.27. The first-order chi connectivity index (χ1) is 20.3. The molecular formula is C33H25ClN2O6. The Hall–Kier alpha value is -4.82. The minimum Gasteiger partial charge on any atom is -0.497 e. The fraction of sp³-hybridized carbons (Fsp3) is 0.182. The summed E-state index contributed by atoms with van der Waals surface area (Å²) in [5, 5.41) is 0.893. The summed E-state index contributed by atoms with van der Waals surface area (Å²) in [4.78, 5) is 57.9. The second kappa shape index (κ2) is 11.2. The van der Waals surface area contributed by atoms with Crippen molar-refractivity contribution in [1.29, 1.82) is 0 Å². The van der Waals surface area contributed by atoms with Gasteiger partial charge in [-0.2, -0.15) is 0 Å². The van der Waals surface area contributed by atoms with E-state index < -0.39 is 12.6 Å². The summed E-state index contributed by atoms with van der Waals surface area (Å²) in [6, 6.07) is 20.1. The topological polar surface area (TPSA) is 103 Å². The van der Waals surface area contributed by atoms with E-state index in [0.717, 1.165) is 0 Å². The maximum atomic E-state index is 13.3. The number of rotatable bonds is 7. The number of fused-ring (bicyclic) bond motifs is 2. The van der Waals surface area contributed by atoms with Crippen LogP contribution in [0.3, 0.4) is 0 Å². The van der Waals surface area contributed by atoms with Crippen molar-refractivity contribution in [3.8, 4) is 17.0 Å². The Bertz CT molecular complexity index is 1760. The Labute approximate surface area is 246 Å². The minimum absolute atomic E-state index is 0.184. The second-order valence-corrected chi connectivity index (χ2v) is 10.6. The molecule has 4 aromatic rings. The SMILES string of the molecule is COc1cccc(C(=O)COC(=O)c2cc(-c3ccc(N4C(=O)C5CC=CCC5C4=O)cc3)nc3ccc(Cl)cc23)c1. The van der Waals surface area contributed by atoms with Crippen molar-refractivity contribution in [2.24, 2.45) is 11.8 Å². The summed E-state index contributed by atoms with van der Waals surface area (Å²) in [5.74, 6) is -1.57. The minimum atomic E-state index is -0.705. The first kappa shape index (κ1) is 27.4. The molecular weight excluding hydrogens is 556 g/mol. The lowest BCUT2D eigenvalue weighted by Crippen LogP contribution is -2.30. The van der Waals surface area contributed by atoms with Crippen molar-refractivity contribution in [2.75, 3.05) is 18.6 Å². The molecule has 2 unspecified atom stereocenters. The van der Waals surface area contributed by atoms with E-state index in [-0.39, 0.29) is 35.0 Å². The lowest BCUT2D eigenvalue weighted by atomic mass is 9.85. The van der Waals surface area contributed by atoms with Gasteiger partial charge in [0.2, 0.25) is 11.8 Å². The highest BCUT2D eigenvalue weighted by molar-refractivity contribution is 6.31. The number of nitrogens with zero attached hydrogens (tertiary/aromatic N) is 2. The van der Waals surface area contributed by atoms with Crippen LogP contribution in [0.5, 0.6) is 5.75 Å². The zero-order valence-electron chi connectivity index (χ0n) is 22.6. The summed E-state index contributed by atoms with van der Waals surface area (Å²) in [5.41, 5.74) is 2.69. The van der Waals surface area contributed by atoms with E-state index >= 15 is 0 Å². The first-order valence-electron chi connectivity index (χ1n) is 13.4. The van der Waals surface area contributed by atoms with E-state index in [0.29, 0.717) is 57.0 Å². The van der Waals surface area contributed by atoms with Gasteiger partial charge in [-0.1, -0.05) is 48.0 Å². The Kier molecular flexibility index (Phi) is 7.31. The van der Waals surface area contributed by atoms with Gasteiger partial charge in [-0.25, -0.2) is 9.78 Å². The van der Waals surface area contributed by atoms with Gasteiger partial charge in [0.05, 0.1) is 41.4 Å². The van der Waals surface area contributed by atoms with Gasteiger partial charge in [0, 0.05) is 21.5 Å². The van der Waals surface area contributed by atoms with Crippen molar-refractivity contribution >= 4 is 51.8 Å². The van der Waals surface area contributed by atoms with Crippen LogP contribution in [0.4, 0.5) is 5.69 Å². The zero-order chi connectivity index (χ0) is 29.4. The van der Waals surface area contributed by atoms with E-state index in [1.807, 2.05) is 12.2 Å². The number of methoxy groups -OCH3 is 1. The predicted molar refractivity (Wildman–Crippen MR) is 158 cm³/mol. The monoisotopic (exact) mass is 580 g/mol. The smallest absolute Gasteiger partial charge is 0.339 e. The molecule has 210 valence electrons.